The van der Waals surface area contributed by atoms with Crippen LogP contribution < -0.4 is 0 Å². The molecule has 0 aliphatic heterocycles. The summed E-state index contributed by atoms with van der Waals surface area (Å²) in [5.41, 5.74) is 8.35. The Morgan fingerprint density at radius 3 is 1.70 bits per heavy atom. The van der Waals surface area contributed by atoms with E-state index in [1.807, 2.05) is 12.1 Å². The molecule has 0 saturated heterocycles. The second-order valence-electron chi connectivity index (χ2n) is 11.1. The molecule has 4 heteroatoms. The molecule has 4 nitrogen and oxygen atoms in total. The third-order valence-electron chi connectivity index (χ3n) is 8.56. The van der Waals surface area contributed by atoms with Crippen molar-refractivity contribution in [2.24, 2.45) is 0 Å². The monoisotopic (exact) mass is 562 g/mol. The van der Waals surface area contributed by atoms with E-state index >= 15 is 0 Å². The zero-order chi connectivity index (χ0) is 29.0. The van der Waals surface area contributed by atoms with Crippen LogP contribution in [0.2, 0.25) is 0 Å². The minimum Gasteiger partial charge on any atom is -0.316 e. The largest absolute Gasteiger partial charge is 0.316 e. The van der Waals surface area contributed by atoms with Gasteiger partial charge in [0, 0.05) is 39.2 Å². The standard InChI is InChI=1S/C40H26N4/c1-4-13-28(14-5-1)33-26-34(29-15-6-2-7-16-29)42-40(41-33)44-35-22-20-27-12-10-11-19-32(27)37(35)38-36(44)23-21-30-24-25-43(39(30)38)31-17-8-3-9-18-31/h1-26H. The number of para-hydroxylation sites is 1. The van der Waals surface area contributed by atoms with E-state index in [-0.39, 0.29) is 0 Å². The summed E-state index contributed by atoms with van der Waals surface area (Å²) >= 11 is 0. The van der Waals surface area contributed by atoms with Gasteiger partial charge < -0.3 is 4.57 Å². The van der Waals surface area contributed by atoms with Crippen LogP contribution in [0.15, 0.2) is 158 Å². The van der Waals surface area contributed by atoms with Crippen molar-refractivity contribution in [3.8, 4) is 34.2 Å². The minimum atomic E-state index is 0.651. The van der Waals surface area contributed by atoms with Gasteiger partial charge in [0.15, 0.2) is 0 Å². The van der Waals surface area contributed by atoms with E-state index in [0.29, 0.717) is 5.95 Å². The molecule has 0 N–H and O–H groups in total. The maximum absolute atomic E-state index is 5.25. The quantitative estimate of drug-likeness (QED) is 0.214. The molecule has 0 aliphatic rings. The Morgan fingerprint density at radius 2 is 1.02 bits per heavy atom. The molecule has 0 radical (unpaired) electrons. The van der Waals surface area contributed by atoms with E-state index < -0.39 is 0 Å². The molecule has 0 unspecified atom stereocenters. The average Bonchev–Trinajstić information content (AvgIpc) is 3.69. The molecule has 3 aromatic heterocycles. The van der Waals surface area contributed by atoms with Crippen molar-refractivity contribution in [2.75, 3.05) is 0 Å². The lowest BCUT2D eigenvalue weighted by Gasteiger charge is -2.12. The maximum Gasteiger partial charge on any atom is 0.235 e. The molecule has 0 bridgehead atoms. The fourth-order valence-corrected chi connectivity index (χ4v) is 6.56. The summed E-state index contributed by atoms with van der Waals surface area (Å²) < 4.78 is 4.55. The summed E-state index contributed by atoms with van der Waals surface area (Å²) in [6.07, 6.45) is 2.17. The second kappa shape index (κ2) is 9.79. The van der Waals surface area contributed by atoms with Crippen LogP contribution in [0.3, 0.4) is 0 Å². The van der Waals surface area contributed by atoms with E-state index in [0.717, 1.165) is 39.2 Å². The van der Waals surface area contributed by atoms with Crippen LogP contribution in [-0.4, -0.2) is 19.1 Å². The van der Waals surface area contributed by atoms with Crippen LogP contribution in [0.25, 0.3) is 77.6 Å². The van der Waals surface area contributed by atoms with Crippen LogP contribution >= 0.6 is 0 Å². The third-order valence-corrected chi connectivity index (χ3v) is 8.56. The Hall–Kier alpha value is -6.00. The van der Waals surface area contributed by atoms with Crippen molar-refractivity contribution < 1.29 is 0 Å². The van der Waals surface area contributed by atoms with Gasteiger partial charge in [-0.05, 0) is 47.2 Å². The number of benzene rings is 6. The van der Waals surface area contributed by atoms with Crippen LogP contribution in [-0.2, 0) is 0 Å². The fourth-order valence-electron chi connectivity index (χ4n) is 6.56. The molecule has 6 aromatic carbocycles. The van der Waals surface area contributed by atoms with E-state index in [1.165, 1.54) is 32.4 Å². The number of hydrogen-bond acceptors (Lipinski definition) is 2. The Labute approximate surface area is 254 Å². The van der Waals surface area contributed by atoms with Crippen molar-refractivity contribution >= 4 is 43.5 Å². The van der Waals surface area contributed by atoms with Gasteiger partial charge in [0.1, 0.15) is 0 Å². The number of nitrogens with zero attached hydrogens (tertiary/aromatic N) is 4. The highest BCUT2D eigenvalue weighted by atomic mass is 15.2. The minimum absolute atomic E-state index is 0.651. The molecule has 3 heterocycles. The van der Waals surface area contributed by atoms with E-state index in [1.54, 1.807) is 0 Å². The molecule has 0 aliphatic carbocycles. The number of rotatable bonds is 4. The molecule has 9 aromatic rings. The van der Waals surface area contributed by atoms with Gasteiger partial charge in [0.2, 0.25) is 5.95 Å². The zero-order valence-electron chi connectivity index (χ0n) is 23.8. The van der Waals surface area contributed by atoms with Crippen molar-refractivity contribution in [1.82, 2.24) is 19.1 Å². The molecular weight excluding hydrogens is 536 g/mol. The second-order valence-corrected chi connectivity index (χ2v) is 11.1. The van der Waals surface area contributed by atoms with Gasteiger partial charge in [-0.15, -0.1) is 0 Å². The van der Waals surface area contributed by atoms with Crippen molar-refractivity contribution in [1.29, 1.82) is 0 Å². The van der Waals surface area contributed by atoms with Gasteiger partial charge in [-0.25, -0.2) is 9.97 Å². The first kappa shape index (κ1) is 24.6. The van der Waals surface area contributed by atoms with Gasteiger partial charge in [-0.3, -0.25) is 4.57 Å². The van der Waals surface area contributed by atoms with Gasteiger partial charge in [-0.1, -0.05) is 115 Å². The van der Waals surface area contributed by atoms with Gasteiger partial charge in [-0.2, -0.15) is 0 Å². The number of fused-ring (bicyclic) bond motifs is 7. The molecule has 0 fully saturated rings. The first-order valence-electron chi connectivity index (χ1n) is 14.9. The van der Waals surface area contributed by atoms with E-state index in [4.69, 9.17) is 9.97 Å². The lowest BCUT2D eigenvalue weighted by molar-refractivity contribution is 0.996. The van der Waals surface area contributed by atoms with Crippen molar-refractivity contribution in [2.45, 2.75) is 0 Å². The smallest absolute Gasteiger partial charge is 0.235 e. The number of aromatic nitrogens is 4. The normalized spacial score (nSPS) is 11.6. The van der Waals surface area contributed by atoms with Crippen molar-refractivity contribution in [3.63, 3.8) is 0 Å². The highest BCUT2D eigenvalue weighted by molar-refractivity contribution is 6.28. The average molecular weight is 563 g/mol. The van der Waals surface area contributed by atoms with Crippen LogP contribution in [0, 0.1) is 0 Å². The molecule has 9 rings (SSSR count). The van der Waals surface area contributed by atoms with Crippen LogP contribution in [0.5, 0.6) is 0 Å². The molecule has 0 spiro atoms. The fraction of sp³-hybridized carbons (Fsp3) is 0. The Balaban J connectivity index is 1.45. The van der Waals surface area contributed by atoms with Crippen LogP contribution in [0.4, 0.5) is 0 Å². The van der Waals surface area contributed by atoms with Gasteiger partial charge in [0.25, 0.3) is 0 Å². The summed E-state index contributed by atoms with van der Waals surface area (Å²) in [7, 11) is 0. The zero-order valence-corrected chi connectivity index (χ0v) is 23.8. The lowest BCUT2D eigenvalue weighted by Crippen LogP contribution is -2.04. The predicted molar refractivity (Wildman–Crippen MR) is 182 cm³/mol. The first-order chi connectivity index (χ1) is 21.8. The van der Waals surface area contributed by atoms with Gasteiger partial charge in [0.05, 0.1) is 27.9 Å². The molecule has 206 valence electrons. The Morgan fingerprint density at radius 1 is 0.455 bits per heavy atom. The summed E-state index contributed by atoms with van der Waals surface area (Å²) in [6.45, 7) is 0. The molecule has 0 amide bonds. The summed E-state index contributed by atoms with van der Waals surface area (Å²) in [5.74, 6) is 0.651. The van der Waals surface area contributed by atoms with Gasteiger partial charge >= 0.3 is 0 Å². The van der Waals surface area contributed by atoms with E-state index in [9.17, 15) is 0 Å². The molecule has 0 atom stereocenters. The van der Waals surface area contributed by atoms with Crippen LogP contribution in [0.1, 0.15) is 0 Å². The predicted octanol–water partition coefficient (Wildman–Crippen LogP) is 10.0. The summed E-state index contributed by atoms with van der Waals surface area (Å²) in [6, 6.07) is 53.1. The molecule has 0 saturated carbocycles. The number of hydrogen-bond donors (Lipinski definition) is 0. The van der Waals surface area contributed by atoms with Crippen molar-refractivity contribution in [3.05, 3.63) is 158 Å². The molecular formula is C40H26N4. The molecule has 44 heavy (non-hydrogen) atoms. The van der Waals surface area contributed by atoms with E-state index in [2.05, 4.69) is 155 Å². The highest BCUT2D eigenvalue weighted by Crippen LogP contribution is 2.41. The third kappa shape index (κ3) is 3.78. The first-order valence-corrected chi connectivity index (χ1v) is 14.9. The Bertz CT molecular complexity index is 2420. The topological polar surface area (TPSA) is 35.6 Å². The maximum atomic E-state index is 5.25. The summed E-state index contributed by atoms with van der Waals surface area (Å²) in [5, 5.41) is 6.01. The lowest BCUT2D eigenvalue weighted by atomic mass is 10.0. The SMILES string of the molecule is c1ccc(-c2cc(-c3ccccc3)nc(-n3c4ccc5ccccc5c4c4c5c(ccc43)ccn5-c3ccccc3)n2)cc1. The Kier molecular flexibility index (Phi) is 5.47. The summed E-state index contributed by atoms with van der Waals surface area (Å²) in [4.78, 5) is 10.5. The highest BCUT2D eigenvalue weighted by Gasteiger charge is 2.21.